The van der Waals surface area contributed by atoms with Gasteiger partial charge in [0.25, 0.3) is 0 Å². The third kappa shape index (κ3) is 4.58. The fourth-order valence-electron chi connectivity index (χ4n) is 2.26. The molecule has 118 valence electrons. The van der Waals surface area contributed by atoms with Crippen molar-refractivity contribution in [2.45, 2.75) is 52.2 Å². The average molecular weight is 312 g/mol. The summed E-state index contributed by atoms with van der Waals surface area (Å²) in [5.41, 5.74) is 8.52. The number of nitrogens with two attached hydrogens (primary N) is 1. The first kappa shape index (κ1) is 19.7. The number of carbonyl (C=O) groups is 1. The Morgan fingerprint density at radius 2 is 1.86 bits per heavy atom. The lowest BCUT2D eigenvalue weighted by atomic mass is 9.82. The molecule has 0 saturated carbocycles. The molecule has 0 fully saturated rings. The maximum absolute atomic E-state index is 11.7. The molecule has 1 unspecified atom stereocenters. The van der Waals surface area contributed by atoms with E-state index in [0.717, 1.165) is 24.0 Å². The van der Waals surface area contributed by atoms with Gasteiger partial charge in [-0.3, -0.25) is 0 Å². The van der Waals surface area contributed by atoms with Gasteiger partial charge in [0.05, 0.1) is 0 Å². The summed E-state index contributed by atoms with van der Waals surface area (Å²) in [5.74, 6) is -0.372. The molecule has 0 spiro atoms. The van der Waals surface area contributed by atoms with E-state index in [1.807, 2.05) is 31.2 Å². The van der Waals surface area contributed by atoms with Gasteiger partial charge in [-0.2, -0.15) is 0 Å². The van der Waals surface area contributed by atoms with Crippen molar-refractivity contribution in [1.82, 2.24) is 0 Å². The topological polar surface area (TPSA) is 52.3 Å². The number of benzene rings is 1. The molecule has 1 aromatic rings. The Balaban J connectivity index is 0.00000400. The Labute approximate surface area is 134 Å². The Morgan fingerprint density at radius 1 is 1.33 bits per heavy atom. The molecule has 21 heavy (non-hydrogen) atoms. The third-order valence-electron chi connectivity index (χ3n) is 3.83. The molecule has 1 rings (SSSR count). The average Bonchev–Trinajstić information content (AvgIpc) is 2.46. The monoisotopic (exact) mass is 311 g/mol. The van der Waals surface area contributed by atoms with Gasteiger partial charge in [-0.1, -0.05) is 44.7 Å². The molecule has 0 bridgehead atoms. The first-order chi connectivity index (χ1) is 9.35. The number of carbonyl (C=O) groups excluding carboxylic acids is 1. The van der Waals surface area contributed by atoms with Gasteiger partial charge >= 0.3 is 5.97 Å². The van der Waals surface area contributed by atoms with E-state index in [4.69, 9.17) is 10.5 Å². The summed E-state index contributed by atoms with van der Waals surface area (Å²) in [6.45, 7) is 11.3. The molecule has 0 saturated heterocycles. The normalized spacial score (nSPS) is 12.2. The first-order valence-corrected chi connectivity index (χ1v) is 7.10. The van der Waals surface area contributed by atoms with Gasteiger partial charge in [0, 0.05) is 11.1 Å². The Bertz CT molecular complexity index is 495. The highest BCUT2D eigenvalue weighted by atomic mass is 35.5. The molecule has 0 aliphatic rings. The van der Waals surface area contributed by atoms with Gasteiger partial charge in [-0.25, -0.2) is 4.79 Å². The second-order valence-electron chi connectivity index (χ2n) is 5.28. The van der Waals surface area contributed by atoms with Crippen molar-refractivity contribution in [3.05, 3.63) is 47.5 Å². The number of hydrogen-bond acceptors (Lipinski definition) is 3. The second-order valence-corrected chi connectivity index (χ2v) is 5.28. The highest BCUT2D eigenvalue weighted by Gasteiger charge is 2.28. The van der Waals surface area contributed by atoms with Gasteiger partial charge in [0.1, 0.15) is 6.10 Å². The van der Waals surface area contributed by atoms with E-state index in [0.29, 0.717) is 5.57 Å². The largest absolute Gasteiger partial charge is 0.454 e. The van der Waals surface area contributed by atoms with E-state index >= 15 is 0 Å². The molecule has 1 aromatic carbocycles. The van der Waals surface area contributed by atoms with Crippen LogP contribution in [0.25, 0.3) is 0 Å². The molecule has 0 aliphatic heterocycles. The minimum Gasteiger partial charge on any atom is -0.454 e. The van der Waals surface area contributed by atoms with Crippen molar-refractivity contribution < 1.29 is 9.53 Å². The molecular weight excluding hydrogens is 286 g/mol. The fourth-order valence-corrected chi connectivity index (χ4v) is 2.26. The van der Waals surface area contributed by atoms with Gasteiger partial charge in [0.15, 0.2) is 0 Å². The minimum absolute atomic E-state index is 0. The van der Waals surface area contributed by atoms with Crippen LogP contribution in [0.1, 0.15) is 57.8 Å². The van der Waals surface area contributed by atoms with Crippen molar-refractivity contribution in [3.8, 4) is 0 Å². The lowest BCUT2D eigenvalue weighted by Gasteiger charge is -2.31. The van der Waals surface area contributed by atoms with E-state index in [1.54, 1.807) is 6.92 Å². The molecule has 0 heterocycles. The van der Waals surface area contributed by atoms with Crippen molar-refractivity contribution in [2.24, 2.45) is 5.73 Å². The first-order valence-electron chi connectivity index (χ1n) is 7.10. The summed E-state index contributed by atoms with van der Waals surface area (Å²) >= 11 is 0. The SMILES string of the molecule is C=C(C)C(=O)OC(C)c1ccccc1C(N)(CC)CC.Cl. The van der Waals surface area contributed by atoms with E-state index in [1.165, 1.54) is 0 Å². The Hall–Kier alpha value is -1.32. The van der Waals surface area contributed by atoms with Gasteiger partial charge in [-0.05, 0) is 37.8 Å². The third-order valence-corrected chi connectivity index (χ3v) is 3.83. The van der Waals surface area contributed by atoms with Crippen LogP contribution in [0.5, 0.6) is 0 Å². The summed E-state index contributed by atoms with van der Waals surface area (Å²) in [7, 11) is 0. The Kier molecular flexibility index (Phi) is 7.69. The van der Waals surface area contributed by atoms with Crippen LogP contribution in [0.2, 0.25) is 0 Å². The van der Waals surface area contributed by atoms with Crippen LogP contribution >= 0.6 is 12.4 Å². The van der Waals surface area contributed by atoms with E-state index < -0.39 is 0 Å². The number of rotatable bonds is 6. The standard InChI is InChI=1S/C17H25NO2.ClH/c1-6-17(18,7-2)15-11-9-8-10-14(15)13(5)20-16(19)12(3)4;/h8-11,13H,3,6-7,18H2,1-2,4-5H3;1H. The second kappa shape index (κ2) is 8.20. The molecule has 3 nitrogen and oxygen atoms in total. The van der Waals surface area contributed by atoms with Crippen molar-refractivity contribution in [3.63, 3.8) is 0 Å². The summed E-state index contributed by atoms with van der Waals surface area (Å²) in [5, 5.41) is 0. The molecule has 1 atom stereocenters. The maximum Gasteiger partial charge on any atom is 0.333 e. The summed E-state index contributed by atoms with van der Waals surface area (Å²) in [6, 6.07) is 7.90. The lowest BCUT2D eigenvalue weighted by Crippen LogP contribution is -2.36. The molecule has 4 heteroatoms. The maximum atomic E-state index is 11.7. The number of esters is 1. The van der Waals surface area contributed by atoms with Crippen LogP contribution < -0.4 is 5.73 Å². The predicted molar refractivity (Wildman–Crippen MR) is 89.5 cm³/mol. The summed E-state index contributed by atoms with van der Waals surface area (Å²) in [6.07, 6.45) is 1.33. The molecule has 0 aliphatic carbocycles. The lowest BCUT2D eigenvalue weighted by molar-refractivity contribution is -0.143. The zero-order valence-electron chi connectivity index (χ0n) is 13.3. The van der Waals surface area contributed by atoms with Gasteiger partial charge in [0.2, 0.25) is 0 Å². The van der Waals surface area contributed by atoms with E-state index in [2.05, 4.69) is 20.4 Å². The zero-order valence-corrected chi connectivity index (χ0v) is 14.1. The van der Waals surface area contributed by atoms with Crippen LogP contribution in [-0.4, -0.2) is 5.97 Å². The summed E-state index contributed by atoms with van der Waals surface area (Å²) in [4.78, 5) is 11.7. The number of hydrogen-bond donors (Lipinski definition) is 1. The number of halogens is 1. The smallest absolute Gasteiger partial charge is 0.333 e. The van der Waals surface area contributed by atoms with Crippen LogP contribution in [0.3, 0.4) is 0 Å². The molecule has 2 N–H and O–H groups in total. The molecular formula is C17H26ClNO2. The molecule has 0 radical (unpaired) electrons. The highest BCUT2D eigenvalue weighted by molar-refractivity contribution is 5.87. The van der Waals surface area contributed by atoms with Crippen molar-refractivity contribution >= 4 is 18.4 Å². The van der Waals surface area contributed by atoms with E-state index in [-0.39, 0.29) is 30.0 Å². The summed E-state index contributed by atoms with van der Waals surface area (Å²) < 4.78 is 5.43. The van der Waals surface area contributed by atoms with Gasteiger partial charge < -0.3 is 10.5 Å². The number of ether oxygens (including phenoxy) is 1. The van der Waals surface area contributed by atoms with Crippen LogP contribution in [0.15, 0.2) is 36.4 Å². The van der Waals surface area contributed by atoms with E-state index in [9.17, 15) is 4.79 Å². The van der Waals surface area contributed by atoms with Crippen LogP contribution in [0.4, 0.5) is 0 Å². The van der Waals surface area contributed by atoms with Crippen LogP contribution in [-0.2, 0) is 15.1 Å². The minimum atomic E-state index is -0.388. The van der Waals surface area contributed by atoms with Gasteiger partial charge in [-0.15, -0.1) is 12.4 Å². The fraction of sp³-hybridized carbons (Fsp3) is 0.471. The molecule has 0 aromatic heterocycles. The quantitative estimate of drug-likeness (QED) is 0.630. The predicted octanol–water partition coefficient (Wildman–Crippen LogP) is 4.26. The zero-order chi connectivity index (χ0) is 15.3. The molecule has 0 amide bonds. The van der Waals surface area contributed by atoms with Crippen molar-refractivity contribution in [2.75, 3.05) is 0 Å². The Morgan fingerprint density at radius 3 is 2.33 bits per heavy atom. The van der Waals surface area contributed by atoms with Crippen molar-refractivity contribution in [1.29, 1.82) is 0 Å². The highest BCUT2D eigenvalue weighted by Crippen LogP contribution is 2.33. The van der Waals surface area contributed by atoms with Crippen LogP contribution in [0, 0.1) is 0 Å².